The fraction of sp³-hybridized carbons (Fsp3) is 0.375. The molecule has 0 spiro atoms. The molecule has 0 aliphatic carbocycles. The van der Waals surface area contributed by atoms with Gasteiger partial charge in [-0.1, -0.05) is 30.3 Å². The first-order valence-electron chi connectivity index (χ1n) is 8.81. The van der Waals surface area contributed by atoms with Crippen molar-refractivity contribution in [1.82, 2.24) is 9.55 Å². The van der Waals surface area contributed by atoms with E-state index in [9.17, 15) is 14.7 Å². The molecule has 2 N–H and O–H groups in total. The zero-order chi connectivity index (χ0) is 19.3. The average molecular weight is 335 g/mol. The minimum Gasteiger partial charge on any atom is -0.394 e. The van der Waals surface area contributed by atoms with Crippen LogP contribution >= 0.6 is 0 Å². The van der Waals surface area contributed by atoms with E-state index in [-0.39, 0.29) is 0 Å². The maximum atomic E-state index is 12.2. The van der Waals surface area contributed by atoms with E-state index in [4.69, 9.17) is 18.3 Å². The largest absolute Gasteiger partial charge is 0.394 e. The molecule has 3 heterocycles. The van der Waals surface area contributed by atoms with Gasteiger partial charge in [0.15, 0.2) is 12.5 Å². The van der Waals surface area contributed by atoms with Gasteiger partial charge in [0, 0.05) is 17.8 Å². The van der Waals surface area contributed by atoms with Crippen molar-refractivity contribution < 1.29 is 23.4 Å². The van der Waals surface area contributed by atoms with E-state index in [0.29, 0.717) is 5.56 Å². The first-order valence-corrected chi connectivity index (χ1v) is 7.31. The zero-order valence-corrected chi connectivity index (χ0v) is 12.3. The smallest absolute Gasteiger partial charge is 0.330 e. The van der Waals surface area contributed by atoms with E-state index in [1.165, 1.54) is 0 Å². The van der Waals surface area contributed by atoms with Crippen LogP contribution in [0, 0.1) is 0 Å². The van der Waals surface area contributed by atoms with Crippen LogP contribution in [-0.4, -0.2) is 39.5 Å². The SMILES string of the molecule is [2H]c1cn([C@@H]2O[C@H](C([2H])([2H])O)[C@H]3OC(c4ccccc4)O[C@H]32)c(=O)[nH]c1=O. The lowest BCUT2D eigenvalue weighted by Crippen LogP contribution is -2.36. The molecule has 1 aromatic carbocycles. The van der Waals surface area contributed by atoms with Gasteiger partial charge in [-0.2, -0.15) is 0 Å². The Bertz CT molecular complexity index is 957. The van der Waals surface area contributed by atoms with Crippen LogP contribution in [0.1, 0.15) is 22.2 Å². The Balaban J connectivity index is 1.73. The predicted octanol–water partition coefficient (Wildman–Crippen LogP) is -0.0909. The molecule has 8 heteroatoms. The molecule has 5 atom stereocenters. The summed E-state index contributed by atoms with van der Waals surface area (Å²) < 4.78 is 40.9. The van der Waals surface area contributed by atoms with E-state index in [1.54, 1.807) is 24.3 Å². The van der Waals surface area contributed by atoms with Gasteiger partial charge in [0.25, 0.3) is 5.56 Å². The molecule has 0 bridgehead atoms. The maximum Gasteiger partial charge on any atom is 0.330 e. The number of aromatic amines is 1. The van der Waals surface area contributed by atoms with Crippen LogP contribution in [0.4, 0.5) is 0 Å². The second kappa shape index (κ2) is 5.99. The molecular formula is C16H16N2O6. The minimum atomic E-state index is -2.76. The lowest BCUT2D eigenvalue weighted by atomic mass is 10.1. The molecule has 2 fully saturated rings. The molecule has 1 unspecified atom stereocenters. The summed E-state index contributed by atoms with van der Waals surface area (Å²) in [6.07, 6.45) is -4.43. The van der Waals surface area contributed by atoms with Crippen LogP contribution in [0.25, 0.3) is 0 Å². The van der Waals surface area contributed by atoms with E-state index in [0.717, 1.165) is 10.8 Å². The quantitative estimate of drug-likeness (QED) is 0.813. The summed E-state index contributed by atoms with van der Waals surface area (Å²) in [7, 11) is 0. The molecule has 0 amide bonds. The zero-order valence-electron chi connectivity index (χ0n) is 15.3. The van der Waals surface area contributed by atoms with Gasteiger partial charge in [0.05, 0.1) is 10.7 Å². The number of hydrogen-bond donors (Lipinski definition) is 2. The topological polar surface area (TPSA) is 103 Å². The van der Waals surface area contributed by atoms with Gasteiger partial charge in [-0.05, 0) is 0 Å². The van der Waals surface area contributed by atoms with Crippen LogP contribution in [0.2, 0.25) is 0 Å². The highest BCUT2D eigenvalue weighted by Gasteiger charge is 2.53. The van der Waals surface area contributed by atoms with Crippen LogP contribution < -0.4 is 11.2 Å². The molecule has 24 heavy (non-hydrogen) atoms. The first-order chi connectivity index (χ1) is 12.8. The van der Waals surface area contributed by atoms with E-state index >= 15 is 0 Å². The number of aromatic nitrogens is 2. The molecular weight excluding hydrogens is 316 g/mol. The lowest BCUT2D eigenvalue weighted by molar-refractivity contribution is -0.155. The van der Waals surface area contributed by atoms with Gasteiger partial charge in [0.2, 0.25) is 0 Å². The van der Waals surface area contributed by atoms with Crippen molar-refractivity contribution in [2.45, 2.75) is 30.8 Å². The number of nitrogens with zero attached hydrogens (tertiary/aromatic N) is 1. The Morgan fingerprint density at radius 2 is 1.96 bits per heavy atom. The Kier molecular flexibility index (Phi) is 3.03. The highest BCUT2D eigenvalue weighted by atomic mass is 16.8. The normalized spacial score (nSPS) is 34.4. The highest BCUT2D eigenvalue weighted by Crippen LogP contribution is 2.43. The summed E-state index contributed by atoms with van der Waals surface area (Å²) >= 11 is 0. The number of nitrogens with one attached hydrogen (secondary N) is 1. The number of ether oxygens (including phenoxy) is 3. The first kappa shape index (κ1) is 12.2. The van der Waals surface area contributed by atoms with Crippen LogP contribution in [0.3, 0.4) is 0 Å². The van der Waals surface area contributed by atoms with Crippen molar-refractivity contribution in [3.8, 4) is 0 Å². The van der Waals surface area contributed by atoms with Crippen LogP contribution in [0.5, 0.6) is 0 Å². The van der Waals surface area contributed by atoms with Crippen molar-refractivity contribution in [3.63, 3.8) is 0 Å². The fourth-order valence-corrected chi connectivity index (χ4v) is 2.92. The van der Waals surface area contributed by atoms with Crippen molar-refractivity contribution in [2.75, 3.05) is 6.56 Å². The van der Waals surface area contributed by atoms with Crippen molar-refractivity contribution >= 4 is 0 Å². The second-order valence-electron chi connectivity index (χ2n) is 5.46. The Morgan fingerprint density at radius 3 is 2.71 bits per heavy atom. The molecule has 0 saturated carbocycles. The number of H-pyrrole nitrogens is 1. The molecule has 4 rings (SSSR count). The monoisotopic (exact) mass is 335 g/mol. The Hall–Kier alpha value is -2.26. The Morgan fingerprint density at radius 1 is 1.21 bits per heavy atom. The second-order valence-corrected chi connectivity index (χ2v) is 5.46. The van der Waals surface area contributed by atoms with Crippen molar-refractivity contribution in [3.05, 3.63) is 69.0 Å². The summed E-state index contributed by atoms with van der Waals surface area (Å²) in [4.78, 5) is 25.6. The molecule has 0 radical (unpaired) electrons. The summed E-state index contributed by atoms with van der Waals surface area (Å²) in [6.45, 7) is -2.76. The minimum absolute atomic E-state index is 0.469. The third kappa shape index (κ3) is 2.49. The van der Waals surface area contributed by atoms with Gasteiger partial charge in [-0.15, -0.1) is 0 Å². The van der Waals surface area contributed by atoms with Crippen LogP contribution in [0.15, 0.2) is 52.2 Å². The average Bonchev–Trinajstić information content (AvgIpc) is 3.17. The molecule has 126 valence electrons. The molecule has 2 saturated heterocycles. The summed E-state index contributed by atoms with van der Waals surface area (Å²) in [5, 5.41) is 9.84. The predicted molar refractivity (Wildman–Crippen MR) is 81.2 cm³/mol. The summed E-state index contributed by atoms with van der Waals surface area (Å²) in [5.41, 5.74) is -1.02. The molecule has 2 aliphatic heterocycles. The van der Waals surface area contributed by atoms with Gasteiger partial charge in [0.1, 0.15) is 18.3 Å². The van der Waals surface area contributed by atoms with Crippen molar-refractivity contribution in [2.24, 2.45) is 0 Å². The van der Waals surface area contributed by atoms with Gasteiger partial charge in [-0.25, -0.2) is 4.79 Å². The number of benzene rings is 1. The van der Waals surface area contributed by atoms with E-state index in [2.05, 4.69) is 0 Å². The Labute approximate surface area is 140 Å². The lowest BCUT2D eigenvalue weighted by Gasteiger charge is -2.20. The number of rotatable bonds is 3. The van der Waals surface area contributed by atoms with Crippen molar-refractivity contribution in [1.29, 1.82) is 0 Å². The number of aliphatic hydroxyl groups is 1. The summed E-state index contributed by atoms with van der Waals surface area (Å²) in [5.74, 6) is 0. The van der Waals surface area contributed by atoms with Crippen LogP contribution in [-0.2, 0) is 14.2 Å². The third-order valence-corrected chi connectivity index (χ3v) is 4.01. The maximum absolute atomic E-state index is 12.2. The van der Waals surface area contributed by atoms with Gasteiger partial charge in [-0.3, -0.25) is 14.3 Å². The standard InChI is InChI=1S/C16H16N2O6/c19-8-10-12-13(24-15(23-12)9-4-2-1-3-5-9)14(22-10)18-7-6-11(20)17-16(18)21/h1-7,10,12-15,19H,8H2,(H,17,20,21)/t10-,12-,13-,14-,15?/m1/s1/i6D,8D2. The third-order valence-electron chi connectivity index (χ3n) is 4.01. The summed E-state index contributed by atoms with van der Waals surface area (Å²) in [6, 6.07) is 8.44. The molecule has 2 aromatic rings. The van der Waals surface area contributed by atoms with E-state index < -0.39 is 54.7 Å². The fourth-order valence-electron chi connectivity index (χ4n) is 2.92. The molecule has 8 nitrogen and oxygen atoms in total. The highest BCUT2D eigenvalue weighted by molar-refractivity contribution is 5.17. The van der Waals surface area contributed by atoms with Gasteiger partial charge >= 0.3 is 5.69 Å². The number of hydrogen-bond acceptors (Lipinski definition) is 6. The number of fused-ring (bicyclic) bond motifs is 1. The van der Waals surface area contributed by atoms with Gasteiger partial charge < -0.3 is 19.3 Å². The molecule has 1 aromatic heterocycles. The molecule has 2 aliphatic rings. The van der Waals surface area contributed by atoms with E-state index in [1.807, 2.05) is 11.1 Å².